The number of benzene rings is 1. The van der Waals surface area contributed by atoms with E-state index in [1.165, 1.54) is 11.8 Å². The van der Waals surface area contributed by atoms with Crippen LogP contribution >= 0.6 is 11.8 Å². The second-order valence-electron chi connectivity index (χ2n) is 5.19. The molecule has 0 saturated heterocycles. The lowest BCUT2D eigenvalue weighted by atomic mass is 10.2. The van der Waals surface area contributed by atoms with Crippen molar-refractivity contribution in [2.75, 3.05) is 5.75 Å². The third kappa shape index (κ3) is 5.37. The van der Waals surface area contributed by atoms with E-state index in [0.717, 1.165) is 0 Å². The number of aromatic nitrogens is 4. The molecular formula is C14H18N6O2S. The van der Waals surface area contributed by atoms with Crippen molar-refractivity contribution < 1.29 is 9.59 Å². The van der Waals surface area contributed by atoms with Gasteiger partial charge in [0.15, 0.2) is 0 Å². The van der Waals surface area contributed by atoms with Crippen LogP contribution in [-0.4, -0.2) is 37.8 Å². The summed E-state index contributed by atoms with van der Waals surface area (Å²) in [4.78, 5) is 23.6. The summed E-state index contributed by atoms with van der Waals surface area (Å²) in [5.41, 5.74) is 5.21. The minimum absolute atomic E-state index is 0.105. The summed E-state index contributed by atoms with van der Waals surface area (Å²) in [5, 5.41) is 11.9. The Morgan fingerprint density at radius 2 is 1.96 bits per heavy atom. The molecule has 1 heterocycles. The summed E-state index contributed by atoms with van der Waals surface area (Å²) in [6, 6.07) is 8.64. The van der Waals surface area contributed by atoms with Gasteiger partial charge in [0.25, 0.3) is 5.91 Å². The van der Waals surface area contributed by atoms with Crippen LogP contribution in [0, 0.1) is 5.92 Å². The summed E-state index contributed by atoms with van der Waals surface area (Å²) in [5.74, 6) is -0.197. The van der Waals surface area contributed by atoms with Gasteiger partial charge in [0.05, 0.1) is 5.75 Å². The number of nitrogens with zero attached hydrogens (tertiary/aromatic N) is 4. The second kappa shape index (κ2) is 8.28. The number of nitrogens with one attached hydrogen (secondary N) is 2. The molecule has 0 fully saturated rings. The molecule has 2 rings (SSSR count). The van der Waals surface area contributed by atoms with Gasteiger partial charge in [0, 0.05) is 12.1 Å². The summed E-state index contributed by atoms with van der Waals surface area (Å²) in [6.45, 7) is 4.80. The largest absolute Gasteiger partial charge is 0.272 e. The van der Waals surface area contributed by atoms with Crippen molar-refractivity contribution in [3.05, 3.63) is 35.9 Å². The third-order valence-electron chi connectivity index (χ3n) is 2.72. The van der Waals surface area contributed by atoms with E-state index >= 15 is 0 Å². The number of hydrogen-bond acceptors (Lipinski definition) is 6. The molecule has 0 bridgehead atoms. The number of carbonyl (C=O) groups excluding carboxylic acids is 2. The molecule has 23 heavy (non-hydrogen) atoms. The van der Waals surface area contributed by atoms with Crippen molar-refractivity contribution >= 4 is 23.6 Å². The van der Waals surface area contributed by atoms with Gasteiger partial charge >= 0.3 is 0 Å². The normalized spacial score (nSPS) is 10.6. The van der Waals surface area contributed by atoms with Crippen LogP contribution < -0.4 is 10.9 Å². The lowest BCUT2D eigenvalue weighted by Gasteiger charge is -2.08. The average Bonchev–Trinajstić information content (AvgIpc) is 2.97. The van der Waals surface area contributed by atoms with Crippen LogP contribution in [0.3, 0.4) is 0 Å². The van der Waals surface area contributed by atoms with Gasteiger partial charge in [-0.05, 0) is 28.5 Å². The zero-order valence-electron chi connectivity index (χ0n) is 12.9. The van der Waals surface area contributed by atoms with Crippen LogP contribution in [0.15, 0.2) is 35.5 Å². The Labute approximate surface area is 138 Å². The first-order valence-corrected chi connectivity index (χ1v) is 8.08. The van der Waals surface area contributed by atoms with Gasteiger partial charge in [-0.15, -0.1) is 5.10 Å². The van der Waals surface area contributed by atoms with Crippen molar-refractivity contribution in [1.29, 1.82) is 0 Å². The predicted octanol–water partition coefficient (Wildman–Crippen LogP) is 0.882. The highest BCUT2D eigenvalue weighted by Gasteiger charge is 2.12. The fourth-order valence-corrected chi connectivity index (χ4v) is 2.40. The number of amides is 2. The molecule has 2 aromatic rings. The van der Waals surface area contributed by atoms with Crippen molar-refractivity contribution in [3.63, 3.8) is 0 Å². The molecule has 2 amide bonds. The summed E-state index contributed by atoms with van der Waals surface area (Å²) in [6.07, 6.45) is 0. The third-order valence-corrected chi connectivity index (χ3v) is 3.68. The number of hydrazine groups is 1. The fraction of sp³-hybridized carbons (Fsp3) is 0.357. The van der Waals surface area contributed by atoms with E-state index in [4.69, 9.17) is 0 Å². The molecule has 1 aromatic carbocycles. The number of thioether (sulfide) groups is 1. The van der Waals surface area contributed by atoms with E-state index in [0.29, 0.717) is 23.2 Å². The molecule has 0 spiro atoms. The first kappa shape index (κ1) is 16.9. The zero-order chi connectivity index (χ0) is 16.7. The van der Waals surface area contributed by atoms with E-state index in [1.807, 2.05) is 6.07 Å². The monoisotopic (exact) mass is 334 g/mol. The topological polar surface area (TPSA) is 102 Å². The molecule has 2 N–H and O–H groups in total. The van der Waals surface area contributed by atoms with Crippen molar-refractivity contribution in [2.45, 2.75) is 25.5 Å². The maximum Gasteiger partial charge on any atom is 0.269 e. The predicted molar refractivity (Wildman–Crippen MR) is 85.4 cm³/mol. The standard InChI is InChI=1S/C14H18N6O2S/c1-10(2)8-20-14(17-18-19-20)23-9-12(21)15-16-13(22)11-6-4-3-5-7-11/h3-7,10H,8-9H2,1-2H3,(H,15,21)(H,16,22). The summed E-state index contributed by atoms with van der Waals surface area (Å²) >= 11 is 1.21. The first-order valence-electron chi connectivity index (χ1n) is 7.09. The summed E-state index contributed by atoms with van der Waals surface area (Å²) < 4.78 is 1.66. The Hall–Kier alpha value is -2.42. The van der Waals surface area contributed by atoms with Gasteiger partial charge in [0.1, 0.15) is 0 Å². The molecule has 8 nitrogen and oxygen atoms in total. The fourth-order valence-electron chi connectivity index (χ4n) is 1.71. The Bertz CT molecular complexity index is 658. The van der Waals surface area contributed by atoms with Crippen LogP contribution in [0.25, 0.3) is 0 Å². The molecule has 0 saturated carbocycles. The highest BCUT2D eigenvalue weighted by atomic mass is 32.2. The molecule has 0 unspecified atom stereocenters. The maximum absolute atomic E-state index is 11.8. The second-order valence-corrected chi connectivity index (χ2v) is 6.14. The van der Waals surface area contributed by atoms with Gasteiger partial charge in [-0.3, -0.25) is 20.4 Å². The van der Waals surface area contributed by atoms with Crippen LogP contribution in [0.1, 0.15) is 24.2 Å². The van der Waals surface area contributed by atoms with Crippen LogP contribution in [0.5, 0.6) is 0 Å². The van der Waals surface area contributed by atoms with Crippen molar-refractivity contribution in [2.24, 2.45) is 5.92 Å². The van der Waals surface area contributed by atoms with Gasteiger partial charge in [-0.25, -0.2) is 4.68 Å². The quantitative estimate of drug-likeness (QED) is 0.601. The van der Waals surface area contributed by atoms with E-state index in [2.05, 4.69) is 40.2 Å². The van der Waals surface area contributed by atoms with Gasteiger partial charge in [-0.2, -0.15) is 0 Å². The molecule has 0 aliphatic rings. The van der Waals surface area contributed by atoms with Gasteiger partial charge in [-0.1, -0.05) is 43.8 Å². The SMILES string of the molecule is CC(C)Cn1nnnc1SCC(=O)NNC(=O)c1ccccc1. The Balaban J connectivity index is 1.77. The van der Waals surface area contributed by atoms with Gasteiger partial charge < -0.3 is 0 Å². The minimum atomic E-state index is -0.367. The average molecular weight is 334 g/mol. The highest BCUT2D eigenvalue weighted by Crippen LogP contribution is 2.14. The summed E-state index contributed by atoms with van der Waals surface area (Å²) in [7, 11) is 0. The van der Waals surface area contributed by atoms with E-state index in [-0.39, 0.29) is 17.6 Å². The van der Waals surface area contributed by atoms with Gasteiger partial charge in [0.2, 0.25) is 11.1 Å². The molecule has 0 aliphatic carbocycles. The molecular weight excluding hydrogens is 316 g/mol. The maximum atomic E-state index is 11.8. The zero-order valence-corrected chi connectivity index (χ0v) is 13.7. The molecule has 1 aromatic heterocycles. The van der Waals surface area contributed by atoms with Crippen LogP contribution in [0.4, 0.5) is 0 Å². The Morgan fingerprint density at radius 3 is 2.65 bits per heavy atom. The van der Waals surface area contributed by atoms with E-state index in [9.17, 15) is 9.59 Å². The number of tetrazole rings is 1. The number of carbonyl (C=O) groups is 2. The minimum Gasteiger partial charge on any atom is -0.272 e. The number of hydrogen-bond donors (Lipinski definition) is 2. The van der Waals surface area contributed by atoms with E-state index < -0.39 is 0 Å². The molecule has 122 valence electrons. The Kier molecular flexibility index (Phi) is 6.10. The molecule has 0 radical (unpaired) electrons. The van der Waals surface area contributed by atoms with Crippen molar-refractivity contribution in [1.82, 2.24) is 31.1 Å². The smallest absolute Gasteiger partial charge is 0.269 e. The van der Waals surface area contributed by atoms with Crippen molar-refractivity contribution in [3.8, 4) is 0 Å². The molecule has 0 aliphatic heterocycles. The molecule has 9 heteroatoms. The van der Waals surface area contributed by atoms with Crippen LogP contribution in [-0.2, 0) is 11.3 Å². The molecule has 0 atom stereocenters. The first-order chi connectivity index (χ1) is 11.1. The highest BCUT2D eigenvalue weighted by molar-refractivity contribution is 7.99. The van der Waals surface area contributed by atoms with E-state index in [1.54, 1.807) is 28.9 Å². The number of rotatable bonds is 6. The van der Waals surface area contributed by atoms with Crippen LogP contribution in [0.2, 0.25) is 0 Å². The lowest BCUT2D eigenvalue weighted by molar-refractivity contribution is -0.119. The Morgan fingerprint density at radius 1 is 1.22 bits per heavy atom. The lowest BCUT2D eigenvalue weighted by Crippen LogP contribution is -2.42.